The highest BCUT2D eigenvalue weighted by molar-refractivity contribution is 5.92. The third-order valence-electron chi connectivity index (χ3n) is 4.27. The first-order chi connectivity index (χ1) is 11.6. The molecule has 2 N–H and O–H groups in total. The predicted molar refractivity (Wildman–Crippen MR) is 87.9 cm³/mol. The number of carbonyl (C=O) groups is 1. The minimum atomic E-state index is -0.463. The molecule has 0 bridgehead atoms. The van der Waals surface area contributed by atoms with E-state index < -0.39 is 4.92 Å². The van der Waals surface area contributed by atoms with Crippen molar-refractivity contribution in [3.05, 3.63) is 52.3 Å². The molecule has 2 aromatic rings. The molecular weight excluding hydrogens is 310 g/mol. The van der Waals surface area contributed by atoms with Crippen molar-refractivity contribution in [3.63, 3.8) is 0 Å². The Morgan fingerprint density at radius 2 is 2.17 bits per heavy atom. The Labute approximate surface area is 139 Å². The van der Waals surface area contributed by atoms with E-state index in [0.29, 0.717) is 31.2 Å². The maximum Gasteiger partial charge on any atom is 0.294 e. The van der Waals surface area contributed by atoms with Gasteiger partial charge < -0.3 is 10.6 Å². The van der Waals surface area contributed by atoms with Crippen LogP contribution in [0, 0.1) is 16.0 Å². The van der Waals surface area contributed by atoms with Crippen molar-refractivity contribution in [1.82, 2.24) is 14.7 Å². The molecule has 1 aliphatic heterocycles. The van der Waals surface area contributed by atoms with Gasteiger partial charge in [-0.15, -0.1) is 0 Å². The van der Waals surface area contributed by atoms with Crippen molar-refractivity contribution >= 4 is 11.6 Å². The van der Waals surface area contributed by atoms with Crippen molar-refractivity contribution in [1.29, 1.82) is 0 Å². The van der Waals surface area contributed by atoms with Gasteiger partial charge in [0.15, 0.2) is 5.69 Å². The molecule has 1 unspecified atom stereocenters. The maximum atomic E-state index is 12.6. The molecule has 1 fully saturated rings. The minimum Gasteiger partial charge on any atom is -0.337 e. The van der Waals surface area contributed by atoms with Gasteiger partial charge in [-0.3, -0.25) is 14.9 Å². The fourth-order valence-corrected chi connectivity index (χ4v) is 2.99. The molecule has 0 radical (unpaired) electrons. The molecule has 1 aromatic heterocycles. The lowest BCUT2D eigenvalue weighted by atomic mass is 9.98. The van der Waals surface area contributed by atoms with Crippen LogP contribution in [0.4, 0.5) is 5.69 Å². The average Bonchev–Trinajstić information content (AvgIpc) is 3.11. The first-order valence-electron chi connectivity index (χ1n) is 7.89. The predicted octanol–water partition coefficient (Wildman–Crippen LogP) is 1.59. The van der Waals surface area contributed by atoms with Gasteiger partial charge in [-0.2, -0.15) is 5.10 Å². The van der Waals surface area contributed by atoms with E-state index in [-0.39, 0.29) is 17.3 Å². The Hall–Kier alpha value is -2.74. The maximum absolute atomic E-state index is 12.6. The summed E-state index contributed by atoms with van der Waals surface area (Å²) in [5.74, 6) is 0.158. The molecule has 0 saturated carbocycles. The summed E-state index contributed by atoms with van der Waals surface area (Å²) in [4.78, 5) is 25.0. The molecule has 0 aliphatic carbocycles. The average molecular weight is 329 g/mol. The highest BCUT2D eigenvalue weighted by atomic mass is 16.6. The minimum absolute atomic E-state index is 0.0548. The van der Waals surface area contributed by atoms with Gasteiger partial charge in [0.05, 0.1) is 4.92 Å². The van der Waals surface area contributed by atoms with Crippen molar-refractivity contribution in [2.45, 2.75) is 12.8 Å². The molecule has 8 heteroatoms. The second kappa shape index (κ2) is 6.79. The molecule has 24 heavy (non-hydrogen) atoms. The third-order valence-corrected chi connectivity index (χ3v) is 4.27. The normalized spacial score (nSPS) is 17.7. The SMILES string of the molecule is NCC1CCCN(C(=O)c2ccn(-c3ccccc3[N+](=O)[O-])n2)C1. The van der Waals surface area contributed by atoms with Crippen LogP contribution in [0.3, 0.4) is 0 Å². The Morgan fingerprint density at radius 1 is 1.38 bits per heavy atom. The topological polar surface area (TPSA) is 107 Å². The van der Waals surface area contributed by atoms with Gasteiger partial charge in [0, 0.05) is 25.4 Å². The summed E-state index contributed by atoms with van der Waals surface area (Å²) in [6.45, 7) is 1.88. The van der Waals surface area contributed by atoms with Crippen LogP contribution in [0.2, 0.25) is 0 Å². The van der Waals surface area contributed by atoms with E-state index >= 15 is 0 Å². The first kappa shape index (κ1) is 16.1. The second-order valence-corrected chi connectivity index (χ2v) is 5.89. The summed E-state index contributed by atoms with van der Waals surface area (Å²) in [6, 6.07) is 7.89. The molecule has 1 aromatic carbocycles. The van der Waals surface area contributed by atoms with Gasteiger partial charge in [0.1, 0.15) is 5.69 Å². The number of aromatic nitrogens is 2. The first-order valence-corrected chi connectivity index (χ1v) is 7.89. The smallest absolute Gasteiger partial charge is 0.294 e. The van der Waals surface area contributed by atoms with Crippen LogP contribution >= 0.6 is 0 Å². The summed E-state index contributed by atoms with van der Waals surface area (Å²) < 4.78 is 1.37. The zero-order chi connectivity index (χ0) is 17.1. The van der Waals surface area contributed by atoms with E-state index in [2.05, 4.69) is 5.10 Å². The number of piperidine rings is 1. The van der Waals surface area contributed by atoms with E-state index in [1.165, 1.54) is 10.7 Å². The number of para-hydroxylation sites is 2. The number of nitrogens with zero attached hydrogens (tertiary/aromatic N) is 4. The van der Waals surface area contributed by atoms with Crippen molar-refractivity contribution in [2.75, 3.05) is 19.6 Å². The van der Waals surface area contributed by atoms with E-state index in [0.717, 1.165) is 12.8 Å². The van der Waals surface area contributed by atoms with Crippen LogP contribution in [-0.4, -0.2) is 45.1 Å². The number of rotatable bonds is 4. The Kier molecular flexibility index (Phi) is 4.57. The lowest BCUT2D eigenvalue weighted by Gasteiger charge is -2.31. The molecule has 1 aliphatic rings. The van der Waals surface area contributed by atoms with E-state index in [4.69, 9.17) is 5.73 Å². The summed E-state index contributed by atoms with van der Waals surface area (Å²) in [6.07, 6.45) is 3.53. The van der Waals surface area contributed by atoms with Crippen LogP contribution in [-0.2, 0) is 0 Å². The number of amides is 1. The van der Waals surface area contributed by atoms with E-state index in [1.807, 2.05) is 0 Å². The van der Waals surface area contributed by atoms with Crippen molar-refractivity contribution < 1.29 is 9.72 Å². The number of carbonyl (C=O) groups excluding carboxylic acids is 1. The highest BCUT2D eigenvalue weighted by Crippen LogP contribution is 2.22. The molecule has 8 nitrogen and oxygen atoms in total. The summed E-state index contributed by atoms with van der Waals surface area (Å²) in [5, 5.41) is 15.4. The van der Waals surface area contributed by atoms with Gasteiger partial charge in [-0.25, -0.2) is 4.68 Å². The molecule has 3 rings (SSSR count). The quantitative estimate of drug-likeness (QED) is 0.677. The number of nitro groups is 1. The van der Waals surface area contributed by atoms with Crippen LogP contribution in [0.5, 0.6) is 0 Å². The lowest BCUT2D eigenvalue weighted by Crippen LogP contribution is -2.42. The fraction of sp³-hybridized carbons (Fsp3) is 0.375. The fourth-order valence-electron chi connectivity index (χ4n) is 2.99. The molecule has 2 heterocycles. The van der Waals surface area contributed by atoms with Gasteiger partial charge in [0.2, 0.25) is 0 Å². The van der Waals surface area contributed by atoms with Gasteiger partial charge in [0.25, 0.3) is 11.6 Å². The monoisotopic (exact) mass is 329 g/mol. The summed E-state index contributed by atoms with van der Waals surface area (Å²) >= 11 is 0. The zero-order valence-electron chi connectivity index (χ0n) is 13.2. The number of nitro benzene ring substituents is 1. The van der Waals surface area contributed by atoms with Gasteiger partial charge in [-0.05, 0) is 37.4 Å². The summed E-state index contributed by atoms with van der Waals surface area (Å²) in [7, 11) is 0. The molecular formula is C16H19N5O3. The largest absolute Gasteiger partial charge is 0.337 e. The Bertz CT molecular complexity index is 758. The van der Waals surface area contributed by atoms with Crippen LogP contribution in [0.1, 0.15) is 23.3 Å². The van der Waals surface area contributed by atoms with Crippen LogP contribution < -0.4 is 5.73 Å². The number of nitrogens with two attached hydrogens (primary N) is 1. The molecule has 1 atom stereocenters. The number of likely N-dealkylation sites (tertiary alicyclic amines) is 1. The molecule has 126 valence electrons. The van der Waals surface area contributed by atoms with E-state index in [1.54, 1.807) is 35.4 Å². The molecule has 1 saturated heterocycles. The Balaban J connectivity index is 1.83. The van der Waals surface area contributed by atoms with Crippen LogP contribution in [0.15, 0.2) is 36.5 Å². The third kappa shape index (κ3) is 3.13. The van der Waals surface area contributed by atoms with E-state index in [9.17, 15) is 14.9 Å². The number of hydrogen-bond acceptors (Lipinski definition) is 5. The summed E-state index contributed by atoms with van der Waals surface area (Å²) in [5.41, 5.74) is 6.27. The highest BCUT2D eigenvalue weighted by Gasteiger charge is 2.25. The lowest BCUT2D eigenvalue weighted by molar-refractivity contribution is -0.384. The molecule has 0 spiro atoms. The second-order valence-electron chi connectivity index (χ2n) is 5.89. The number of hydrogen-bond donors (Lipinski definition) is 1. The van der Waals surface area contributed by atoms with Crippen molar-refractivity contribution in [3.8, 4) is 5.69 Å². The Morgan fingerprint density at radius 3 is 2.92 bits per heavy atom. The number of benzene rings is 1. The molecule has 1 amide bonds. The van der Waals surface area contributed by atoms with Crippen molar-refractivity contribution in [2.24, 2.45) is 11.7 Å². The van der Waals surface area contributed by atoms with Crippen LogP contribution in [0.25, 0.3) is 5.69 Å². The standard InChI is InChI=1S/C16H19N5O3/c17-10-12-4-3-8-19(11-12)16(22)13-7-9-20(18-13)14-5-1-2-6-15(14)21(23)24/h1-2,5-7,9,12H,3-4,8,10-11,17H2. The van der Waals surface area contributed by atoms with Gasteiger partial charge in [-0.1, -0.05) is 12.1 Å². The van der Waals surface area contributed by atoms with Gasteiger partial charge >= 0.3 is 0 Å². The zero-order valence-corrected chi connectivity index (χ0v) is 13.2.